The minimum atomic E-state index is -4.41. The van der Waals surface area contributed by atoms with Crippen LogP contribution in [0.1, 0.15) is 53.4 Å². The summed E-state index contributed by atoms with van der Waals surface area (Å²) in [7, 11) is 1.35. The van der Waals surface area contributed by atoms with Crippen LogP contribution in [0.15, 0.2) is 66.9 Å². The molecule has 10 heteroatoms. The number of pyridine rings is 1. The molecule has 0 radical (unpaired) electrons. The molecule has 2 aromatic carbocycles. The van der Waals surface area contributed by atoms with Crippen LogP contribution >= 0.6 is 0 Å². The van der Waals surface area contributed by atoms with E-state index in [0.717, 1.165) is 23.3 Å². The molecular weight excluding hydrogens is 537 g/mol. The highest BCUT2D eigenvalue weighted by Crippen LogP contribution is 2.34. The summed E-state index contributed by atoms with van der Waals surface area (Å²) in [5.41, 5.74) is 0.853. The Labute approximate surface area is 236 Å². The normalized spacial score (nSPS) is 21.6. The van der Waals surface area contributed by atoms with Crippen molar-refractivity contribution in [3.8, 4) is 11.5 Å². The summed E-state index contributed by atoms with van der Waals surface area (Å²) in [6.07, 6.45) is -1.01. The number of nitrogens with zero attached hydrogens (tertiary/aromatic N) is 1. The molecular formula is C31H33F3N2O5. The Bertz CT molecular complexity index is 1330. The van der Waals surface area contributed by atoms with Crippen LogP contribution in [0.25, 0.3) is 0 Å². The van der Waals surface area contributed by atoms with Gasteiger partial charge in [0, 0.05) is 18.2 Å². The van der Waals surface area contributed by atoms with Crippen molar-refractivity contribution in [2.24, 2.45) is 11.8 Å². The Morgan fingerprint density at radius 2 is 1.73 bits per heavy atom. The molecule has 0 unspecified atom stereocenters. The van der Waals surface area contributed by atoms with Gasteiger partial charge in [-0.15, -0.1) is 0 Å². The van der Waals surface area contributed by atoms with E-state index in [1.165, 1.54) is 31.5 Å². The summed E-state index contributed by atoms with van der Waals surface area (Å²) in [5.74, 6) is -1.82. The predicted octanol–water partition coefficient (Wildman–Crippen LogP) is 5.75. The average Bonchev–Trinajstić information content (AvgIpc) is 2.99. The molecule has 1 aromatic heterocycles. The van der Waals surface area contributed by atoms with E-state index in [-0.39, 0.29) is 29.7 Å². The summed E-state index contributed by atoms with van der Waals surface area (Å²) in [6.45, 7) is 1.81. The van der Waals surface area contributed by atoms with E-state index in [4.69, 9.17) is 9.47 Å². The minimum absolute atomic E-state index is 0.00621. The van der Waals surface area contributed by atoms with Gasteiger partial charge in [0.1, 0.15) is 12.1 Å². The quantitative estimate of drug-likeness (QED) is 0.352. The number of nitrogens with one attached hydrogen (secondary N) is 1. The Balaban J connectivity index is 1.56. The van der Waals surface area contributed by atoms with Crippen molar-refractivity contribution in [1.29, 1.82) is 0 Å². The number of rotatable bonds is 7. The fraction of sp³-hybridized carbons (Fsp3) is 0.387. The molecule has 218 valence electrons. The Kier molecular flexibility index (Phi) is 9.52. The van der Waals surface area contributed by atoms with E-state index < -0.39 is 41.5 Å². The van der Waals surface area contributed by atoms with Gasteiger partial charge in [0.15, 0.2) is 17.2 Å². The zero-order valence-electron chi connectivity index (χ0n) is 22.9. The number of aromatic nitrogens is 1. The van der Waals surface area contributed by atoms with Gasteiger partial charge in [-0.2, -0.15) is 13.2 Å². The number of halogens is 3. The van der Waals surface area contributed by atoms with Crippen molar-refractivity contribution in [1.82, 2.24) is 10.3 Å². The lowest BCUT2D eigenvalue weighted by Gasteiger charge is -2.31. The Morgan fingerprint density at radius 3 is 2.39 bits per heavy atom. The zero-order valence-corrected chi connectivity index (χ0v) is 22.9. The van der Waals surface area contributed by atoms with Crippen molar-refractivity contribution in [3.05, 3.63) is 89.2 Å². The predicted molar refractivity (Wildman–Crippen MR) is 145 cm³/mol. The summed E-state index contributed by atoms with van der Waals surface area (Å²) in [6, 6.07) is 15.4. The molecule has 1 amide bonds. The van der Waals surface area contributed by atoms with Crippen LogP contribution < -0.4 is 10.1 Å². The third-order valence-corrected chi connectivity index (χ3v) is 7.58. The van der Waals surface area contributed by atoms with Gasteiger partial charge < -0.3 is 19.9 Å². The first-order valence-corrected chi connectivity index (χ1v) is 13.5. The molecule has 4 rings (SSSR count). The van der Waals surface area contributed by atoms with Crippen LogP contribution in [0.5, 0.6) is 11.5 Å². The van der Waals surface area contributed by atoms with Crippen LogP contribution in [0.2, 0.25) is 0 Å². The van der Waals surface area contributed by atoms with Gasteiger partial charge in [0.2, 0.25) is 0 Å². The highest BCUT2D eigenvalue weighted by Gasteiger charge is 2.35. The largest absolute Gasteiger partial charge is 0.503 e. The van der Waals surface area contributed by atoms with E-state index in [2.05, 4.69) is 10.3 Å². The third kappa shape index (κ3) is 7.56. The molecule has 1 fully saturated rings. The monoisotopic (exact) mass is 570 g/mol. The van der Waals surface area contributed by atoms with Crippen LogP contribution in [-0.2, 0) is 28.5 Å². The van der Waals surface area contributed by atoms with Crippen LogP contribution in [0, 0.1) is 11.8 Å². The molecule has 3 aromatic rings. The molecule has 2 N–H and O–H groups in total. The maximum atomic E-state index is 13.2. The first kappa shape index (κ1) is 29.9. The van der Waals surface area contributed by atoms with Crippen molar-refractivity contribution in [2.45, 2.75) is 57.3 Å². The van der Waals surface area contributed by atoms with Crippen molar-refractivity contribution in [2.75, 3.05) is 7.11 Å². The van der Waals surface area contributed by atoms with E-state index in [1.807, 2.05) is 37.3 Å². The Morgan fingerprint density at radius 1 is 1.05 bits per heavy atom. The number of carbonyl (C=O) groups is 2. The smallest absolute Gasteiger partial charge is 0.416 e. The average molecular weight is 571 g/mol. The summed E-state index contributed by atoms with van der Waals surface area (Å²) in [4.78, 5) is 30.1. The molecule has 1 aliphatic rings. The zero-order chi connectivity index (χ0) is 29.6. The molecule has 0 aliphatic carbocycles. The second-order valence-electron chi connectivity index (χ2n) is 10.3. The van der Waals surface area contributed by atoms with E-state index >= 15 is 0 Å². The molecule has 0 bridgehead atoms. The number of alkyl halides is 3. The van der Waals surface area contributed by atoms with Gasteiger partial charge in [-0.05, 0) is 61.8 Å². The highest BCUT2D eigenvalue weighted by molar-refractivity contribution is 5.97. The number of methoxy groups -OCH3 is 1. The minimum Gasteiger partial charge on any atom is -0.503 e. The molecule has 41 heavy (non-hydrogen) atoms. The first-order valence-electron chi connectivity index (χ1n) is 13.5. The molecule has 1 saturated heterocycles. The number of amides is 1. The van der Waals surface area contributed by atoms with Gasteiger partial charge in [-0.25, -0.2) is 9.78 Å². The summed E-state index contributed by atoms with van der Waals surface area (Å²) in [5, 5.41) is 13.0. The van der Waals surface area contributed by atoms with Crippen LogP contribution in [-0.4, -0.2) is 41.2 Å². The number of benzene rings is 2. The topological polar surface area (TPSA) is 97.8 Å². The van der Waals surface area contributed by atoms with Gasteiger partial charge in [-0.1, -0.05) is 48.9 Å². The maximum Gasteiger partial charge on any atom is 0.416 e. The van der Waals surface area contributed by atoms with Gasteiger partial charge in [-0.3, -0.25) is 4.79 Å². The lowest BCUT2D eigenvalue weighted by Crippen LogP contribution is -2.43. The number of hydrogen-bond acceptors (Lipinski definition) is 6. The van der Waals surface area contributed by atoms with E-state index in [1.54, 1.807) is 0 Å². The van der Waals surface area contributed by atoms with Crippen molar-refractivity contribution in [3.63, 3.8) is 0 Å². The molecule has 2 heterocycles. The molecule has 1 aliphatic heterocycles. The molecule has 4 atom stereocenters. The second kappa shape index (κ2) is 13.1. The van der Waals surface area contributed by atoms with Crippen molar-refractivity contribution >= 4 is 11.9 Å². The standard InChI is InChI=1S/C31H33F3N2O5/c1-19-24(18-20-7-4-3-5-8-20)22(17-21-11-13-23(14-12-21)31(32,33)34)9-6-10-25(30(39)41-19)36-29(38)27-28(37)26(40-2)15-16-35-27/h3-5,7-8,11-16,19,22,24-25,37H,6,9-10,17-18H2,1-2H3,(H,36,38)/t19-,22+,24-,25-/m0/s1. The SMILES string of the molecule is COc1ccnc(C(=O)N[C@H]2CCC[C@H](Cc3ccc(C(F)(F)F)cc3)[C@@H](Cc3ccccc3)[C@H](C)OC2=O)c1O. The fourth-order valence-corrected chi connectivity index (χ4v) is 5.38. The fourth-order valence-electron chi connectivity index (χ4n) is 5.38. The van der Waals surface area contributed by atoms with Gasteiger partial charge in [0.05, 0.1) is 12.7 Å². The summed E-state index contributed by atoms with van der Waals surface area (Å²) >= 11 is 0. The number of hydrogen-bond donors (Lipinski definition) is 2. The molecule has 0 spiro atoms. The number of aromatic hydroxyl groups is 1. The summed E-state index contributed by atoms with van der Waals surface area (Å²) < 4.78 is 50.3. The third-order valence-electron chi connectivity index (χ3n) is 7.58. The Hall–Kier alpha value is -4.08. The second-order valence-corrected chi connectivity index (χ2v) is 10.3. The van der Waals surface area contributed by atoms with E-state index in [0.29, 0.717) is 25.7 Å². The van der Waals surface area contributed by atoms with Crippen molar-refractivity contribution < 1.29 is 37.3 Å². The lowest BCUT2D eigenvalue weighted by atomic mass is 9.77. The molecule has 7 nitrogen and oxygen atoms in total. The van der Waals surface area contributed by atoms with E-state index in [9.17, 15) is 27.9 Å². The molecule has 0 saturated carbocycles. The van der Waals surface area contributed by atoms with Gasteiger partial charge in [0.25, 0.3) is 5.91 Å². The number of carbonyl (C=O) groups excluding carboxylic acids is 2. The van der Waals surface area contributed by atoms with Gasteiger partial charge >= 0.3 is 12.1 Å². The number of esters is 1. The number of ether oxygens (including phenoxy) is 2. The van der Waals surface area contributed by atoms with Crippen LogP contribution in [0.3, 0.4) is 0 Å². The van der Waals surface area contributed by atoms with Crippen LogP contribution in [0.4, 0.5) is 13.2 Å². The highest BCUT2D eigenvalue weighted by atomic mass is 19.4. The number of cyclic esters (lactones) is 1. The first-order chi connectivity index (χ1) is 19.6. The lowest BCUT2D eigenvalue weighted by molar-refractivity contribution is -0.153. The maximum absolute atomic E-state index is 13.2.